The second kappa shape index (κ2) is 6.76. The van der Waals surface area contributed by atoms with E-state index in [2.05, 4.69) is 4.98 Å². The number of hydrogen-bond acceptors (Lipinski definition) is 5. The monoisotopic (exact) mass is 374 g/mol. The summed E-state index contributed by atoms with van der Waals surface area (Å²) in [5, 5.41) is 0.303. The van der Waals surface area contributed by atoms with Crippen molar-refractivity contribution in [2.24, 2.45) is 0 Å². The molecule has 7 nitrogen and oxygen atoms in total. The summed E-state index contributed by atoms with van der Waals surface area (Å²) in [4.78, 5) is 27.0. The Morgan fingerprint density at radius 2 is 2.12 bits per heavy atom. The highest BCUT2D eigenvalue weighted by molar-refractivity contribution is 6.32. The smallest absolute Gasteiger partial charge is 0.338 e. The molecule has 0 aliphatic carbocycles. The molecule has 0 unspecified atom stereocenters. The molecular weight excluding hydrogens is 360 g/mol. The largest absolute Gasteiger partial charge is 0.462 e. The number of carbonyl (C=O) groups excluding carboxylic acids is 1. The van der Waals surface area contributed by atoms with E-state index in [-0.39, 0.29) is 19.1 Å². The Hall–Kier alpha value is -2.93. The van der Waals surface area contributed by atoms with E-state index in [0.717, 1.165) is 11.0 Å². The lowest BCUT2D eigenvalue weighted by atomic mass is 10.2. The molecule has 0 radical (unpaired) electrons. The van der Waals surface area contributed by atoms with Crippen molar-refractivity contribution in [2.45, 2.75) is 13.0 Å². The van der Waals surface area contributed by atoms with Crippen LogP contribution in [0.3, 0.4) is 0 Å². The zero-order chi connectivity index (χ0) is 18.1. The summed E-state index contributed by atoms with van der Waals surface area (Å²) < 4.78 is 17.4. The molecule has 0 saturated carbocycles. The minimum atomic E-state index is -0.503. The number of ether oxygens (including phenoxy) is 3. The number of esters is 1. The zero-order valence-corrected chi connectivity index (χ0v) is 14.4. The van der Waals surface area contributed by atoms with Crippen LogP contribution in [-0.4, -0.2) is 28.9 Å². The molecule has 2 heterocycles. The van der Waals surface area contributed by atoms with Gasteiger partial charge in [-0.2, -0.15) is 0 Å². The van der Waals surface area contributed by atoms with Crippen molar-refractivity contribution < 1.29 is 19.0 Å². The van der Waals surface area contributed by atoms with Crippen LogP contribution in [0.2, 0.25) is 5.02 Å². The van der Waals surface area contributed by atoms with Gasteiger partial charge in [0.15, 0.2) is 11.5 Å². The van der Waals surface area contributed by atoms with Crippen LogP contribution in [0.5, 0.6) is 11.5 Å². The molecule has 3 aromatic rings. The van der Waals surface area contributed by atoms with Gasteiger partial charge in [-0.05, 0) is 30.7 Å². The number of nitrogens with one attached hydrogen (secondary N) is 1. The Kier molecular flexibility index (Phi) is 4.30. The van der Waals surface area contributed by atoms with Crippen molar-refractivity contribution in [3.8, 4) is 11.5 Å². The molecule has 134 valence electrons. The quantitative estimate of drug-likeness (QED) is 0.548. The SMILES string of the molecule is O=C(OCCCn1c(=O)[nH]c2ccccc21)c1cc(Cl)c2c(c1)OCO2. The zero-order valence-electron chi connectivity index (χ0n) is 13.7. The molecule has 0 saturated heterocycles. The second-order valence-electron chi connectivity index (χ2n) is 5.78. The topological polar surface area (TPSA) is 82.6 Å². The van der Waals surface area contributed by atoms with E-state index in [1.165, 1.54) is 6.07 Å². The van der Waals surface area contributed by atoms with Gasteiger partial charge in [0.1, 0.15) is 0 Å². The number of aryl methyl sites for hydroxylation is 1. The van der Waals surface area contributed by atoms with Crippen LogP contribution in [0, 0.1) is 0 Å². The van der Waals surface area contributed by atoms with Crippen LogP contribution in [0.4, 0.5) is 0 Å². The molecule has 1 N–H and O–H groups in total. The number of rotatable bonds is 5. The molecule has 0 bridgehead atoms. The number of benzene rings is 2. The summed E-state index contributed by atoms with van der Waals surface area (Å²) in [7, 11) is 0. The predicted octanol–water partition coefficient (Wildman–Crippen LogP) is 2.96. The van der Waals surface area contributed by atoms with Crippen LogP contribution in [-0.2, 0) is 11.3 Å². The minimum absolute atomic E-state index is 0.0763. The molecule has 0 spiro atoms. The maximum absolute atomic E-state index is 12.2. The summed E-state index contributed by atoms with van der Waals surface area (Å²) in [6.45, 7) is 0.696. The van der Waals surface area contributed by atoms with Crippen LogP contribution in [0.15, 0.2) is 41.2 Å². The van der Waals surface area contributed by atoms with E-state index in [1.807, 2.05) is 24.3 Å². The molecule has 2 aromatic carbocycles. The maximum atomic E-state index is 12.2. The number of fused-ring (bicyclic) bond motifs is 2. The molecule has 8 heteroatoms. The van der Waals surface area contributed by atoms with Gasteiger partial charge in [0.25, 0.3) is 0 Å². The first-order valence-electron chi connectivity index (χ1n) is 8.07. The fourth-order valence-corrected chi connectivity index (χ4v) is 3.15. The van der Waals surface area contributed by atoms with Crippen molar-refractivity contribution in [1.82, 2.24) is 9.55 Å². The van der Waals surface area contributed by atoms with Gasteiger partial charge >= 0.3 is 11.7 Å². The lowest BCUT2D eigenvalue weighted by Gasteiger charge is -2.07. The maximum Gasteiger partial charge on any atom is 0.338 e. The Bertz CT molecular complexity index is 1040. The van der Waals surface area contributed by atoms with Gasteiger partial charge in [0.2, 0.25) is 6.79 Å². The van der Waals surface area contributed by atoms with E-state index in [9.17, 15) is 9.59 Å². The fourth-order valence-electron chi connectivity index (χ4n) is 2.88. The number of hydrogen-bond donors (Lipinski definition) is 1. The number of carbonyl (C=O) groups is 1. The van der Waals surface area contributed by atoms with Crippen LogP contribution >= 0.6 is 11.6 Å². The summed E-state index contributed by atoms with van der Waals surface area (Å²) in [5.41, 5.74) is 1.72. The van der Waals surface area contributed by atoms with E-state index >= 15 is 0 Å². The minimum Gasteiger partial charge on any atom is -0.462 e. The van der Waals surface area contributed by atoms with Gasteiger partial charge in [0, 0.05) is 6.54 Å². The predicted molar refractivity (Wildman–Crippen MR) is 95.0 cm³/mol. The van der Waals surface area contributed by atoms with Crippen LogP contribution < -0.4 is 15.2 Å². The fraction of sp³-hybridized carbons (Fsp3) is 0.222. The molecule has 1 aliphatic rings. The number of aromatic nitrogens is 2. The molecule has 1 aromatic heterocycles. The molecule has 1 aliphatic heterocycles. The first-order chi connectivity index (χ1) is 12.6. The average Bonchev–Trinajstić information content (AvgIpc) is 3.23. The van der Waals surface area contributed by atoms with E-state index in [1.54, 1.807) is 10.6 Å². The number of nitrogens with zero attached hydrogens (tertiary/aromatic N) is 1. The van der Waals surface area contributed by atoms with E-state index in [0.29, 0.717) is 35.1 Å². The third-order valence-electron chi connectivity index (χ3n) is 4.10. The normalized spacial score (nSPS) is 12.5. The summed E-state index contributed by atoms with van der Waals surface area (Å²) >= 11 is 6.07. The Morgan fingerprint density at radius 1 is 1.27 bits per heavy atom. The number of imidazole rings is 1. The van der Waals surface area contributed by atoms with Gasteiger partial charge in [-0.1, -0.05) is 23.7 Å². The molecule has 0 atom stereocenters. The van der Waals surface area contributed by atoms with Crippen molar-refractivity contribution in [3.05, 3.63) is 57.5 Å². The third kappa shape index (κ3) is 3.01. The van der Waals surface area contributed by atoms with Crippen LogP contribution in [0.25, 0.3) is 11.0 Å². The van der Waals surface area contributed by atoms with Gasteiger partial charge in [-0.15, -0.1) is 0 Å². The van der Waals surface area contributed by atoms with Gasteiger partial charge < -0.3 is 19.2 Å². The van der Waals surface area contributed by atoms with E-state index in [4.69, 9.17) is 25.8 Å². The first kappa shape index (κ1) is 16.5. The average molecular weight is 375 g/mol. The van der Waals surface area contributed by atoms with Crippen molar-refractivity contribution in [3.63, 3.8) is 0 Å². The highest BCUT2D eigenvalue weighted by Crippen LogP contribution is 2.39. The second-order valence-corrected chi connectivity index (χ2v) is 6.19. The number of aromatic amines is 1. The van der Waals surface area contributed by atoms with Crippen molar-refractivity contribution in [2.75, 3.05) is 13.4 Å². The summed E-state index contributed by atoms with van der Waals surface area (Å²) in [6, 6.07) is 10.5. The first-order valence-corrected chi connectivity index (χ1v) is 8.45. The lowest BCUT2D eigenvalue weighted by molar-refractivity contribution is 0.0495. The Labute approximate surface area is 153 Å². The summed E-state index contributed by atoms with van der Waals surface area (Å²) in [6.07, 6.45) is 0.506. The standard InChI is InChI=1S/C18H15ClN2O5/c19-12-8-11(9-15-16(12)26-10-25-15)17(22)24-7-3-6-21-14-5-2-1-4-13(14)20-18(21)23/h1-2,4-5,8-9H,3,6-7,10H2,(H,20,23). The summed E-state index contributed by atoms with van der Waals surface area (Å²) in [5.74, 6) is 0.355. The molecule has 4 rings (SSSR count). The third-order valence-corrected chi connectivity index (χ3v) is 4.38. The van der Waals surface area contributed by atoms with Gasteiger partial charge in [0.05, 0.1) is 28.2 Å². The van der Waals surface area contributed by atoms with Crippen LogP contribution in [0.1, 0.15) is 16.8 Å². The van der Waals surface area contributed by atoms with Crippen molar-refractivity contribution >= 4 is 28.6 Å². The molecule has 26 heavy (non-hydrogen) atoms. The molecule has 0 fully saturated rings. The van der Waals surface area contributed by atoms with Gasteiger partial charge in [-0.25, -0.2) is 9.59 Å². The van der Waals surface area contributed by atoms with Gasteiger partial charge in [-0.3, -0.25) is 4.57 Å². The molecular formula is C18H15ClN2O5. The lowest BCUT2D eigenvalue weighted by Crippen LogP contribution is -2.18. The number of halogens is 1. The van der Waals surface area contributed by atoms with E-state index < -0.39 is 5.97 Å². The number of H-pyrrole nitrogens is 1. The number of para-hydroxylation sites is 2. The molecule has 0 amide bonds. The Balaban J connectivity index is 1.38. The Morgan fingerprint density at radius 3 is 3.00 bits per heavy atom. The highest BCUT2D eigenvalue weighted by Gasteiger charge is 2.21. The highest BCUT2D eigenvalue weighted by atomic mass is 35.5. The van der Waals surface area contributed by atoms with Crippen molar-refractivity contribution in [1.29, 1.82) is 0 Å².